The van der Waals surface area contributed by atoms with Crippen LogP contribution < -0.4 is 4.90 Å². The van der Waals surface area contributed by atoms with E-state index in [0.717, 1.165) is 61.4 Å². The average molecular weight is 604 g/mol. The molecule has 0 aliphatic carbocycles. The third-order valence-electron chi connectivity index (χ3n) is 9.40. The second-order valence-electron chi connectivity index (χ2n) is 12.1. The standard InChI is InChI=1S/C35H45N3O4S/c1-4-19-36(20-5-2)32(40)29-28-17-18-35(43-28)30(29)33(41)38(22-11-7-8-12-23-39)31(35)34(42)37(21-6-3)27-16-15-25-13-9-10-14-26(25)24-27/h4,6,9-10,13-16,24,28-31,39H,1,3,5,7-8,11-12,17-23H2,2H3/t28-,29+,30-,31?,35?/m0/s1. The van der Waals surface area contributed by atoms with Crippen LogP contribution in [0.3, 0.4) is 0 Å². The van der Waals surface area contributed by atoms with E-state index in [1.54, 1.807) is 28.8 Å². The normalized spacial score (nSPS) is 25.6. The summed E-state index contributed by atoms with van der Waals surface area (Å²) in [6, 6.07) is 13.5. The zero-order valence-corrected chi connectivity index (χ0v) is 26.1. The second-order valence-corrected chi connectivity index (χ2v) is 13.7. The molecule has 5 atom stereocenters. The summed E-state index contributed by atoms with van der Waals surface area (Å²) in [5, 5.41) is 11.4. The topological polar surface area (TPSA) is 81.2 Å². The van der Waals surface area contributed by atoms with Gasteiger partial charge in [-0.25, -0.2) is 0 Å². The van der Waals surface area contributed by atoms with Crippen LogP contribution in [-0.4, -0.2) is 81.5 Å². The average Bonchev–Trinajstić information content (AvgIpc) is 3.66. The van der Waals surface area contributed by atoms with Gasteiger partial charge in [0.05, 0.1) is 16.6 Å². The van der Waals surface area contributed by atoms with E-state index in [-0.39, 0.29) is 29.6 Å². The lowest BCUT2D eigenvalue weighted by Gasteiger charge is -2.37. The van der Waals surface area contributed by atoms with E-state index >= 15 is 0 Å². The number of benzene rings is 2. The first kappa shape index (κ1) is 31.3. The van der Waals surface area contributed by atoms with Crippen LogP contribution in [0.25, 0.3) is 10.8 Å². The van der Waals surface area contributed by atoms with Gasteiger partial charge >= 0.3 is 0 Å². The molecule has 3 fully saturated rings. The minimum atomic E-state index is -0.652. The molecular weight excluding hydrogens is 558 g/mol. The van der Waals surface area contributed by atoms with Crippen LogP contribution in [0.2, 0.25) is 0 Å². The van der Waals surface area contributed by atoms with Crippen LogP contribution in [-0.2, 0) is 14.4 Å². The van der Waals surface area contributed by atoms with Crippen molar-refractivity contribution in [2.24, 2.45) is 11.8 Å². The van der Waals surface area contributed by atoms with Gasteiger partial charge in [0.1, 0.15) is 6.04 Å². The van der Waals surface area contributed by atoms with Crippen molar-refractivity contribution < 1.29 is 19.5 Å². The van der Waals surface area contributed by atoms with Gasteiger partial charge in [-0.3, -0.25) is 14.4 Å². The lowest BCUT2D eigenvalue weighted by molar-refractivity contribution is -0.143. The zero-order valence-electron chi connectivity index (χ0n) is 25.3. The van der Waals surface area contributed by atoms with Crippen LogP contribution in [0.5, 0.6) is 0 Å². The lowest BCUT2D eigenvalue weighted by atomic mass is 9.70. The molecule has 0 saturated carbocycles. The fourth-order valence-corrected chi connectivity index (χ4v) is 9.78. The summed E-state index contributed by atoms with van der Waals surface area (Å²) in [6.45, 7) is 11.9. The molecule has 230 valence electrons. The van der Waals surface area contributed by atoms with Crippen molar-refractivity contribution in [1.29, 1.82) is 0 Å². The van der Waals surface area contributed by atoms with E-state index in [1.165, 1.54) is 0 Å². The molecule has 2 unspecified atom stereocenters. The first-order chi connectivity index (χ1) is 20.9. The van der Waals surface area contributed by atoms with Gasteiger partial charge < -0.3 is 19.8 Å². The Labute approximate surface area is 260 Å². The van der Waals surface area contributed by atoms with E-state index in [0.29, 0.717) is 26.2 Å². The molecule has 3 amide bonds. The summed E-state index contributed by atoms with van der Waals surface area (Å²) < 4.78 is -0.632. The molecular formula is C35H45N3O4S. The number of unbranched alkanes of at least 4 members (excludes halogenated alkanes) is 3. The number of aliphatic hydroxyl groups is 1. The number of carbonyl (C=O) groups is 3. The van der Waals surface area contributed by atoms with Gasteiger partial charge in [0, 0.05) is 43.7 Å². The number of amides is 3. The highest BCUT2D eigenvalue weighted by Crippen LogP contribution is 2.66. The number of thioether (sulfide) groups is 1. The van der Waals surface area contributed by atoms with E-state index in [4.69, 9.17) is 0 Å². The minimum Gasteiger partial charge on any atom is -0.396 e. The maximum Gasteiger partial charge on any atom is 0.251 e. The Bertz CT molecular complexity index is 1360. The quantitative estimate of drug-likeness (QED) is 0.217. The van der Waals surface area contributed by atoms with Gasteiger partial charge in [0.2, 0.25) is 11.8 Å². The summed E-state index contributed by atoms with van der Waals surface area (Å²) in [7, 11) is 0. The summed E-state index contributed by atoms with van der Waals surface area (Å²) in [5.74, 6) is -1.07. The number of rotatable bonds is 15. The largest absolute Gasteiger partial charge is 0.396 e. The molecule has 1 spiro atoms. The van der Waals surface area contributed by atoms with E-state index < -0.39 is 22.6 Å². The molecule has 2 aromatic carbocycles. The van der Waals surface area contributed by atoms with Crippen LogP contribution in [0.15, 0.2) is 67.8 Å². The maximum absolute atomic E-state index is 14.8. The van der Waals surface area contributed by atoms with Crippen molar-refractivity contribution in [2.75, 3.05) is 37.7 Å². The Hall–Kier alpha value is -3.10. The number of nitrogens with zero attached hydrogens (tertiary/aromatic N) is 3. The predicted molar refractivity (Wildman–Crippen MR) is 175 cm³/mol. The molecule has 43 heavy (non-hydrogen) atoms. The Morgan fingerprint density at radius 1 is 1.05 bits per heavy atom. The number of anilines is 1. The minimum absolute atomic E-state index is 0.0210. The van der Waals surface area contributed by atoms with Crippen LogP contribution in [0, 0.1) is 11.8 Å². The number of hydrogen-bond donors (Lipinski definition) is 1. The number of hydrogen-bond acceptors (Lipinski definition) is 5. The molecule has 0 aromatic heterocycles. The third-order valence-corrected chi connectivity index (χ3v) is 11.4. The van der Waals surface area contributed by atoms with Crippen LogP contribution >= 0.6 is 11.8 Å². The monoisotopic (exact) mass is 603 g/mol. The highest BCUT2D eigenvalue weighted by molar-refractivity contribution is 8.02. The Kier molecular flexibility index (Phi) is 9.97. The van der Waals surface area contributed by atoms with Crippen molar-refractivity contribution in [1.82, 2.24) is 9.80 Å². The number of aliphatic hydroxyl groups excluding tert-OH is 1. The molecule has 7 nitrogen and oxygen atoms in total. The molecule has 3 aliphatic heterocycles. The summed E-state index contributed by atoms with van der Waals surface area (Å²) in [4.78, 5) is 48.8. The fraction of sp³-hybridized carbons (Fsp3) is 0.514. The van der Waals surface area contributed by atoms with Crippen molar-refractivity contribution in [3.63, 3.8) is 0 Å². The fourth-order valence-electron chi connectivity index (χ4n) is 7.57. The summed E-state index contributed by atoms with van der Waals surface area (Å²) >= 11 is 1.72. The number of likely N-dealkylation sites (tertiary alicyclic amines) is 1. The summed E-state index contributed by atoms with van der Waals surface area (Å²) in [6.07, 6.45) is 9.10. The Morgan fingerprint density at radius 2 is 1.79 bits per heavy atom. The first-order valence-electron chi connectivity index (χ1n) is 15.8. The SMILES string of the molecule is C=CCN(CCC)C(=O)[C@@H]1[C@@H]2CCC3(S2)C(C(=O)N(CC=C)c2ccc4ccccc4c2)N(CCCCCCO)C(=O)[C@H]13. The third kappa shape index (κ3) is 5.76. The molecule has 5 rings (SSSR count). The molecule has 2 aromatic rings. The molecule has 1 N–H and O–H groups in total. The highest BCUT2D eigenvalue weighted by atomic mass is 32.2. The molecule has 3 saturated heterocycles. The Morgan fingerprint density at radius 3 is 2.51 bits per heavy atom. The van der Waals surface area contributed by atoms with Crippen molar-refractivity contribution in [3.05, 3.63) is 67.8 Å². The van der Waals surface area contributed by atoms with Crippen molar-refractivity contribution in [3.8, 4) is 0 Å². The van der Waals surface area contributed by atoms with Gasteiger partial charge in [-0.15, -0.1) is 24.9 Å². The lowest BCUT2D eigenvalue weighted by Crippen LogP contribution is -2.55. The smallest absolute Gasteiger partial charge is 0.251 e. The van der Waals surface area contributed by atoms with Gasteiger partial charge in [-0.1, -0.05) is 62.2 Å². The molecule has 8 heteroatoms. The van der Waals surface area contributed by atoms with Gasteiger partial charge in [0.25, 0.3) is 5.91 Å². The number of carbonyl (C=O) groups excluding carboxylic acids is 3. The molecule has 3 aliphatic rings. The van der Waals surface area contributed by atoms with E-state index in [9.17, 15) is 19.5 Å². The van der Waals surface area contributed by atoms with E-state index in [2.05, 4.69) is 26.1 Å². The predicted octanol–water partition coefficient (Wildman–Crippen LogP) is 5.43. The van der Waals surface area contributed by atoms with Crippen molar-refractivity contribution in [2.45, 2.75) is 67.9 Å². The van der Waals surface area contributed by atoms with Gasteiger partial charge in [-0.05, 0) is 55.0 Å². The molecule has 2 bridgehead atoms. The maximum atomic E-state index is 14.8. The number of fused-ring (bicyclic) bond motifs is 2. The first-order valence-corrected chi connectivity index (χ1v) is 16.7. The Balaban J connectivity index is 1.52. The van der Waals surface area contributed by atoms with Crippen molar-refractivity contribution >= 4 is 45.9 Å². The highest BCUT2D eigenvalue weighted by Gasteiger charge is 2.74. The summed E-state index contributed by atoms with van der Waals surface area (Å²) in [5.41, 5.74) is 0.782. The van der Waals surface area contributed by atoms with Gasteiger partial charge in [-0.2, -0.15) is 0 Å². The molecule has 3 heterocycles. The van der Waals surface area contributed by atoms with Gasteiger partial charge in [0.15, 0.2) is 0 Å². The zero-order chi connectivity index (χ0) is 30.6. The van der Waals surface area contributed by atoms with Crippen LogP contribution in [0.4, 0.5) is 5.69 Å². The second kappa shape index (κ2) is 13.7. The molecule has 0 radical (unpaired) electrons. The van der Waals surface area contributed by atoms with Crippen LogP contribution in [0.1, 0.15) is 51.9 Å². The van der Waals surface area contributed by atoms with E-state index in [1.807, 2.05) is 46.2 Å².